The summed E-state index contributed by atoms with van der Waals surface area (Å²) in [5.74, 6) is -0.803. The molecule has 7 heteroatoms. The van der Waals surface area contributed by atoms with Crippen molar-refractivity contribution in [3.8, 4) is 0 Å². The van der Waals surface area contributed by atoms with Gasteiger partial charge < -0.3 is 19.9 Å². The highest BCUT2D eigenvalue weighted by atomic mass is 28.3. The Balaban J connectivity index is 3.68. The second-order valence-corrected chi connectivity index (χ2v) is 5.21. The summed E-state index contributed by atoms with van der Waals surface area (Å²) >= 11 is 0. The van der Waals surface area contributed by atoms with Gasteiger partial charge in [-0.15, -0.1) is 0 Å². The van der Waals surface area contributed by atoms with E-state index in [1.165, 1.54) is 13.8 Å². The van der Waals surface area contributed by atoms with Gasteiger partial charge in [0.15, 0.2) is 0 Å². The van der Waals surface area contributed by atoms with Gasteiger partial charge in [0.2, 0.25) is 0 Å². The Kier molecular flexibility index (Phi) is 9.69. The molecule has 0 aliphatic rings. The maximum atomic E-state index is 10.8. The van der Waals surface area contributed by atoms with Gasteiger partial charge in [-0.2, -0.15) is 0 Å². The second-order valence-electron chi connectivity index (χ2n) is 3.56. The van der Waals surface area contributed by atoms with Gasteiger partial charge in [-0.1, -0.05) is 0 Å². The molecule has 17 heavy (non-hydrogen) atoms. The lowest BCUT2D eigenvalue weighted by atomic mass is 10.3. The zero-order chi connectivity index (χ0) is 13.1. The summed E-state index contributed by atoms with van der Waals surface area (Å²) in [5, 5.41) is 3.16. The number of carbonyl (C=O) groups is 2. The maximum absolute atomic E-state index is 10.8. The van der Waals surface area contributed by atoms with Crippen LogP contribution in [0.3, 0.4) is 0 Å². The van der Waals surface area contributed by atoms with E-state index in [1.54, 1.807) is 0 Å². The van der Waals surface area contributed by atoms with Crippen LogP contribution in [0.5, 0.6) is 0 Å². The molecule has 0 spiro atoms. The first-order valence-electron chi connectivity index (χ1n) is 5.69. The van der Waals surface area contributed by atoms with Crippen LogP contribution >= 0.6 is 0 Å². The summed E-state index contributed by atoms with van der Waals surface area (Å²) in [5.41, 5.74) is 5.33. The van der Waals surface area contributed by atoms with Crippen LogP contribution in [0.4, 0.5) is 0 Å². The minimum absolute atomic E-state index is 0.401. The van der Waals surface area contributed by atoms with Gasteiger partial charge in [-0.25, -0.2) is 0 Å². The fourth-order valence-corrected chi connectivity index (χ4v) is 2.62. The smallest absolute Gasteiger partial charge is 0.483 e. The van der Waals surface area contributed by atoms with Crippen LogP contribution in [0, 0.1) is 0 Å². The summed E-state index contributed by atoms with van der Waals surface area (Å²) < 4.78 is 9.94. The van der Waals surface area contributed by atoms with E-state index in [0.717, 1.165) is 25.9 Å². The molecule has 0 unspecified atom stereocenters. The van der Waals surface area contributed by atoms with Crippen LogP contribution in [0.2, 0.25) is 6.04 Å². The molecule has 0 aromatic rings. The van der Waals surface area contributed by atoms with Crippen molar-refractivity contribution in [3.63, 3.8) is 0 Å². The molecule has 0 heterocycles. The molecule has 99 valence electrons. The van der Waals surface area contributed by atoms with Gasteiger partial charge in [0.1, 0.15) is 0 Å². The normalized spacial score (nSPS) is 10.4. The van der Waals surface area contributed by atoms with Gasteiger partial charge >= 0.3 is 9.28 Å². The van der Waals surface area contributed by atoms with E-state index in [4.69, 9.17) is 14.6 Å². The van der Waals surface area contributed by atoms with Crippen molar-refractivity contribution >= 4 is 21.2 Å². The molecular weight excluding hydrogens is 240 g/mol. The zero-order valence-electron chi connectivity index (χ0n) is 10.5. The maximum Gasteiger partial charge on any atom is 0.536 e. The average Bonchev–Trinajstić information content (AvgIpc) is 2.21. The Morgan fingerprint density at radius 2 is 1.71 bits per heavy atom. The number of nitrogens with one attached hydrogen (secondary N) is 1. The summed E-state index contributed by atoms with van der Waals surface area (Å²) in [4.78, 5) is 21.6. The highest BCUT2D eigenvalue weighted by molar-refractivity contribution is 6.48. The lowest BCUT2D eigenvalue weighted by Gasteiger charge is -2.12. The molecule has 0 atom stereocenters. The van der Waals surface area contributed by atoms with Crippen LogP contribution in [-0.4, -0.2) is 40.9 Å². The van der Waals surface area contributed by atoms with Gasteiger partial charge in [-0.3, -0.25) is 9.59 Å². The number of hydrogen-bond acceptors (Lipinski definition) is 6. The minimum Gasteiger partial charge on any atom is -0.483 e. The molecule has 0 aliphatic heterocycles. The highest BCUT2D eigenvalue weighted by Crippen LogP contribution is 2.05. The Hall–Kier alpha value is -0.923. The topological polar surface area (TPSA) is 90.7 Å². The number of nitrogens with two attached hydrogens (primary N) is 1. The summed E-state index contributed by atoms with van der Waals surface area (Å²) in [6.45, 7) is 4.92. The summed E-state index contributed by atoms with van der Waals surface area (Å²) in [6, 6.07) is 0.619. The summed E-state index contributed by atoms with van der Waals surface area (Å²) in [6.07, 6.45) is 1.79. The van der Waals surface area contributed by atoms with Crippen LogP contribution in [-0.2, 0) is 18.4 Å². The monoisotopic (exact) mass is 261 g/mol. The van der Waals surface area contributed by atoms with Gasteiger partial charge in [-0.05, 0) is 19.4 Å². The van der Waals surface area contributed by atoms with Crippen molar-refractivity contribution in [1.82, 2.24) is 5.32 Å². The predicted molar refractivity (Wildman–Crippen MR) is 65.3 cm³/mol. The Labute approximate surface area is 104 Å². The van der Waals surface area contributed by atoms with Crippen LogP contribution < -0.4 is 11.1 Å². The number of unbranched alkanes of at least 4 members (excludes halogenated alkanes) is 1. The first-order valence-corrected chi connectivity index (χ1v) is 7.22. The van der Waals surface area contributed by atoms with Crippen LogP contribution in [0.15, 0.2) is 0 Å². The van der Waals surface area contributed by atoms with E-state index in [9.17, 15) is 9.59 Å². The fraction of sp³-hybridized carbons (Fsp3) is 0.800. The minimum atomic E-state index is -1.79. The lowest BCUT2D eigenvalue weighted by molar-refractivity contribution is -0.137. The zero-order valence-corrected chi connectivity index (χ0v) is 11.5. The highest BCUT2D eigenvalue weighted by Gasteiger charge is 2.22. The van der Waals surface area contributed by atoms with E-state index in [1.807, 2.05) is 0 Å². The standard InChI is InChI=1S/C10H21N2O4Si/c1-9(13)15-17(16-10(2)14)8-4-3-6-12-7-5-11/h12H,3-8,11H2,1-2H3. The molecule has 0 fully saturated rings. The van der Waals surface area contributed by atoms with Crippen molar-refractivity contribution in [2.75, 3.05) is 19.6 Å². The molecule has 0 saturated carbocycles. The predicted octanol–water partition coefficient (Wildman–Crippen LogP) is -0.0707. The molecule has 3 N–H and O–H groups in total. The average molecular weight is 261 g/mol. The lowest BCUT2D eigenvalue weighted by Crippen LogP contribution is -2.28. The largest absolute Gasteiger partial charge is 0.536 e. The van der Waals surface area contributed by atoms with Crippen molar-refractivity contribution in [2.24, 2.45) is 5.73 Å². The van der Waals surface area contributed by atoms with E-state index in [2.05, 4.69) is 5.32 Å². The molecule has 1 radical (unpaired) electrons. The molecule has 0 aliphatic carbocycles. The molecule has 0 rings (SSSR count). The number of hydrogen-bond donors (Lipinski definition) is 2. The van der Waals surface area contributed by atoms with Crippen LogP contribution in [0.25, 0.3) is 0 Å². The number of carbonyl (C=O) groups excluding carboxylic acids is 2. The first-order chi connectivity index (χ1) is 8.06. The fourth-order valence-electron chi connectivity index (χ4n) is 1.19. The van der Waals surface area contributed by atoms with Crippen molar-refractivity contribution < 1.29 is 18.4 Å². The Morgan fingerprint density at radius 1 is 1.12 bits per heavy atom. The molecule has 0 aromatic carbocycles. The quantitative estimate of drug-likeness (QED) is 0.446. The third kappa shape index (κ3) is 11.3. The van der Waals surface area contributed by atoms with Crippen LogP contribution in [0.1, 0.15) is 26.7 Å². The molecule has 0 saturated heterocycles. The van der Waals surface area contributed by atoms with E-state index >= 15 is 0 Å². The van der Waals surface area contributed by atoms with E-state index < -0.39 is 21.2 Å². The van der Waals surface area contributed by atoms with Gasteiger partial charge in [0.05, 0.1) is 0 Å². The SMILES string of the molecule is CC(=O)O[Si](CCCCNCCN)OC(C)=O. The Bertz CT molecular complexity index is 222. The molecular formula is C10H21N2O4Si. The summed E-state index contributed by atoms with van der Waals surface area (Å²) in [7, 11) is -1.79. The molecule has 0 aromatic heterocycles. The van der Waals surface area contributed by atoms with Crippen molar-refractivity contribution in [3.05, 3.63) is 0 Å². The third-order valence-corrected chi connectivity index (χ3v) is 3.61. The van der Waals surface area contributed by atoms with Crippen molar-refractivity contribution in [1.29, 1.82) is 0 Å². The number of rotatable bonds is 9. The molecule has 6 nitrogen and oxygen atoms in total. The van der Waals surface area contributed by atoms with Gasteiger partial charge in [0, 0.05) is 33.0 Å². The Morgan fingerprint density at radius 3 is 2.18 bits per heavy atom. The molecule has 0 bridgehead atoms. The van der Waals surface area contributed by atoms with Gasteiger partial charge in [0.25, 0.3) is 11.9 Å². The van der Waals surface area contributed by atoms with E-state index in [0.29, 0.717) is 12.6 Å². The van der Waals surface area contributed by atoms with E-state index in [-0.39, 0.29) is 0 Å². The first kappa shape index (κ1) is 16.1. The third-order valence-electron chi connectivity index (χ3n) is 1.82. The van der Waals surface area contributed by atoms with Crippen molar-refractivity contribution in [2.45, 2.75) is 32.7 Å². The second kappa shape index (κ2) is 10.2. The molecule has 0 amide bonds.